The minimum Gasteiger partial charge on any atom is -0.349 e. The zero-order chi connectivity index (χ0) is 14.0. The van der Waals surface area contributed by atoms with Crippen molar-refractivity contribution >= 4 is 5.91 Å². The third kappa shape index (κ3) is 2.99. The fourth-order valence-electron chi connectivity index (χ4n) is 2.48. The maximum absolute atomic E-state index is 12.3. The third-order valence-corrected chi connectivity index (χ3v) is 4.20. The van der Waals surface area contributed by atoms with Crippen LogP contribution < -0.4 is 5.32 Å². The van der Waals surface area contributed by atoms with Crippen LogP contribution in [-0.4, -0.2) is 21.0 Å². The van der Waals surface area contributed by atoms with E-state index in [0.29, 0.717) is 0 Å². The molecule has 1 atom stereocenters. The first-order valence-corrected chi connectivity index (χ1v) is 7.31. The minimum absolute atomic E-state index is 0.0811. The van der Waals surface area contributed by atoms with Gasteiger partial charge in [-0.1, -0.05) is 6.92 Å². The molecular weight excluding hydrogens is 238 g/mol. The molecule has 106 valence electrons. The van der Waals surface area contributed by atoms with Gasteiger partial charge in [0.2, 0.25) is 5.91 Å². The van der Waals surface area contributed by atoms with Crippen molar-refractivity contribution in [1.82, 2.24) is 14.9 Å². The molecular formula is C15H25N3O. The fraction of sp³-hybridized carbons (Fsp3) is 0.733. The first kappa shape index (κ1) is 14.1. The van der Waals surface area contributed by atoms with Gasteiger partial charge in [-0.2, -0.15) is 0 Å². The number of carbonyl (C=O) groups is 1. The normalized spacial score (nSPS) is 16.8. The Morgan fingerprint density at radius 2 is 2.16 bits per heavy atom. The summed E-state index contributed by atoms with van der Waals surface area (Å²) in [5.74, 6) is 0.0811. The van der Waals surface area contributed by atoms with Crippen molar-refractivity contribution in [3.05, 3.63) is 17.7 Å². The van der Waals surface area contributed by atoms with E-state index in [4.69, 9.17) is 0 Å². The van der Waals surface area contributed by atoms with Gasteiger partial charge in [0.15, 0.2) is 0 Å². The lowest BCUT2D eigenvalue weighted by Crippen LogP contribution is -2.45. The Bertz CT molecular complexity index is 462. The maximum atomic E-state index is 12.3. The van der Waals surface area contributed by atoms with Crippen molar-refractivity contribution in [2.75, 3.05) is 0 Å². The highest BCUT2D eigenvalue weighted by molar-refractivity contribution is 5.80. The van der Waals surface area contributed by atoms with Gasteiger partial charge in [0.1, 0.15) is 6.04 Å². The highest BCUT2D eigenvalue weighted by Gasteiger charge is 2.25. The van der Waals surface area contributed by atoms with Crippen molar-refractivity contribution < 1.29 is 4.79 Å². The molecule has 1 amide bonds. The van der Waals surface area contributed by atoms with Gasteiger partial charge in [-0.05, 0) is 52.9 Å². The van der Waals surface area contributed by atoms with Gasteiger partial charge < -0.3 is 9.88 Å². The molecule has 1 aliphatic rings. The smallest absolute Gasteiger partial charge is 0.243 e. The highest BCUT2D eigenvalue weighted by Crippen LogP contribution is 2.23. The van der Waals surface area contributed by atoms with Crippen LogP contribution in [0, 0.1) is 0 Å². The second kappa shape index (κ2) is 5.35. The minimum atomic E-state index is -0.180. The summed E-state index contributed by atoms with van der Waals surface area (Å²) in [6, 6.07) is -0.180. The number of imidazole rings is 1. The number of amides is 1. The quantitative estimate of drug-likeness (QED) is 0.907. The monoisotopic (exact) mass is 263 g/mol. The van der Waals surface area contributed by atoms with Crippen LogP contribution in [0.1, 0.15) is 64.4 Å². The Balaban J connectivity index is 2.13. The molecule has 0 radical (unpaired) electrons. The predicted octanol–water partition coefficient (Wildman–Crippen LogP) is 2.63. The van der Waals surface area contributed by atoms with Crippen molar-refractivity contribution in [3.8, 4) is 0 Å². The first-order valence-electron chi connectivity index (χ1n) is 7.31. The van der Waals surface area contributed by atoms with Gasteiger partial charge in [0.05, 0.1) is 12.0 Å². The summed E-state index contributed by atoms with van der Waals surface area (Å²) in [7, 11) is 0. The summed E-state index contributed by atoms with van der Waals surface area (Å²) in [6.07, 6.45) is 7.27. The van der Waals surface area contributed by atoms with Crippen molar-refractivity contribution in [3.63, 3.8) is 0 Å². The van der Waals surface area contributed by atoms with E-state index >= 15 is 0 Å². The molecule has 1 N–H and O–H groups in total. The molecule has 0 aliphatic heterocycles. The Kier molecular flexibility index (Phi) is 3.97. The maximum Gasteiger partial charge on any atom is 0.243 e. The van der Waals surface area contributed by atoms with Crippen molar-refractivity contribution in [2.24, 2.45) is 0 Å². The molecule has 0 bridgehead atoms. The van der Waals surface area contributed by atoms with E-state index in [9.17, 15) is 4.79 Å². The number of fused-ring (bicyclic) bond motifs is 1. The number of aromatic nitrogens is 2. The van der Waals surface area contributed by atoms with Crippen LogP contribution in [0.2, 0.25) is 0 Å². The van der Waals surface area contributed by atoms with Crippen LogP contribution in [0.3, 0.4) is 0 Å². The summed E-state index contributed by atoms with van der Waals surface area (Å²) in [6.45, 7) is 8.16. The van der Waals surface area contributed by atoms with E-state index in [0.717, 1.165) is 19.3 Å². The molecule has 2 rings (SSSR count). The molecule has 1 aromatic heterocycles. The molecule has 4 heteroatoms. The van der Waals surface area contributed by atoms with Crippen LogP contribution in [0.5, 0.6) is 0 Å². The number of hydrogen-bond acceptors (Lipinski definition) is 2. The van der Waals surface area contributed by atoms with Crippen LogP contribution in [0.15, 0.2) is 6.33 Å². The molecule has 1 unspecified atom stereocenters. The van der Waals surface area contributed by atoms with Gasteiger partial charge in [-0.15, -0.1) is 0 Å². The summed E-state index contributed by atoms with van der Waals surface area (Å²) >= 11 is 0. The van der Waals surface area contributed by atoms with E-state index in [-0.39, 0.29) is 17.5 Å². The van der Waals surface area contributed by atoms with Gasteiger partial charge in [0.25, 0.3) is 0 Å². The molecule has 1 heterocycles. The average Bonchev–Trinajstić information content (AvgIpc) is 2.81. The number of nitrogens with one attached hydrogen (secondary N) is 1. The number of nitrogens with zero attached hydrogens (tertiary/aromatic N) is 2. The molecule has 19 heavy (non-hydrogen) atoms. The van der Waals surface area contributed by atoms with Crippen LogP contribution in [0.25, 0.3) is 0 Å². The number of hydrogen-bond donors (Lipinski definition) is 1. The summed E-state index contributed by atoms with van der Waals surface area (Å²) in [5, 5.41) is 3.11. The Morgan fingerprint density at radius 1 is 1.47 bits per heavy atom. The van der Waals surface area contributed by atoms with Crippen molar-refractivity contribution in [1.29, 1.82) is 0 Å². The molecule has 1 aliphatic carbocycles. The first-order chi connectivity index (χ1) is 8.94. The molecule has 4 nitrogen and oxygen atoms in total. The number of carbonyl (C=O) groups excluding carboxylic acids is 1. The molecule has 0 fully saturated rings. The summed E-state index contributed by atoms with van der Waals surface area (Å²) in [4.78, 5) is 16.8. The lowest BCUT2D eigenvalue weighted by atomic mass is 10.00. The topological polar surface area (TPSA) is 46.9 Å². The van der Waals surface area contributed by atoms with Crippen LogP contribution in [0.4, 0.5) is 0 Å². The standard InChI is InChI=1S/C15H25N3O/c1-5-15(3,4)17-14(19)11(2)18-10-16-12-8-6-7-9-13(12)18/h10-11H,5-9H2,1-4H3,(H,17,19). The van der Waals surface area contributed by atoms with Gasteiger partial charge in [0, 0.05) is 11.2 Å². The fourth-order valence-corrected chi connectivity index (χ4v) is 2.48. The number of rotatable bonds is 4. The highest BCUT2D eigenvalue weighted by atomic mass is 16.2. The van der Waals surface area contributed by atoms with Gasteiger partial charge >= 0.3 is 0 Å². The van der Waals surface area contributed by atoms with E-state index in [1.807, 2.05) is 13.3 Å². The molecule has 0 spiro atoms. The molecule has 0 aromatic carbocycles. The Morgan fingerprint density at radius 3 is 2.84 bits per heavy atom. The van der Waals surface area contributed by atoms with Gasteiger partial charge in [-0.3, -0.25) is 4.79 Å². The van der Waals surface area contributed by atoms with E-state index < -0.39 is 0 Å². The Hall–Kier alpha value is -1.32. The Labute approximate surface area is 115 Å². The second-order valence-corrected chi connectivity index (χ2v) is 6.15. The zero-order valence-electron chi connectivity index (χ0n) is 12.5. The van der Waals surface area contributed by atoms with E-state index in [2.05, 4.69) is 35.6 Å². The summed E-state index contributed by atoms with van der Waals surface area (Å²) < 4.78 is 2.05. The second-order valence-electron chi connectivity index (χ2n) is 6.15. The SMILES string of the molecule is CCC(C)(C)NC(=O)C(C)n1cnc2c1CCCC2. The lowest BCUT2D eigenvalue weighted by Gasteiger charge is -2.27. The summed E-state index contributed by atoms with van der Waals surface area (Å²) in [5.41, 5.74) is 2.29. The van der Waals surface area contributed by atoms with E-state index in [1.54, 1.807) is 0 Å². The van der Waals surface area contributed by atoms with Gasteiger partial charge in [-0.25, -0.2) is 4.98 Å². The number of aryl methyl sites for hydroxylation is 1. The van der Waals surface area contributed by atoms with Crippen molar-refractivity contribution in [2.45, 2.75) is 71.4 Å². The van der Waals surface area contributed by atoms with Crippen LogP contribution in [-0.2, 0) is 17.6 Å². The van der Waals surface area contributed by atoms with E-state index in [1.165, 1.54) is 24.2 Å². The lowest BCUT2D eigenvalue weighted by molar-refractivity contribution is -0.125. The largest absolute Gasteiger partial charge is 0.349 e. The molecule has 0 saturated carbocycles. The molecule has 1 aromatic rings. The third-order valence-electron chi connectivity index (χ3n) is 4.20. The average molecular weight is 263 g/mol. The zero-order valence-corrected chi connectivity index (χ0v) is 12.5. The van der Waals surface area contributed by atoms with Crippen LogP contribution >= 0.6 is 0 Å². The predicted molar refractivity (Wildman–Crippen MR) is 76.1 cm³/mol. The molecule has 0 saturated heterocycles.